The van der Waals surface area contributed by atoms with Crippen molar-refractivity contribution in [3.8, 4) is 0 Å². The second kappa shape index (κ2) is 7.70. The summed E-state index contributed by atoms with van der Waals surface area (Å²) in [6.45, 7) is 3.96. The first-order valence-corrected chi connectivity index (χ1v) is 8.69. The lowest BCUT2D eigenvalue weighted by molar-refractivity contribution is 0.0950. The van der Waals surface area contributed by atoms with E-state index in [1.165, 1.54) is 31.5 Å². The van der Waals surface area contributed by atoms with Crippen LogP contribution in [-0.2, 0) is 13.1 Å². The van der Waals surface area contributed by atoms with Gasteiger partial charge in [-0.1, -0.05) is 24.3 Å². The SMILES string of the molecule is O=C(NCc1ccc(CN2CCCC2)cc1)c1cncc(Br)c1. The van der Waals surface area contributed by atoms with E-state index < -0.39 is 0 Å². The summed E-state index contributed by atoms with van der Waals surface area (Å²) >= 11 is 3.32. The predicted octanol–water partition coefficient (Wildman–Crippen LogP) is 3.37. The number of rotatable bonds is 5. The van der Waals surface area contributed by atoms with E-state index in [9.17, 15) is 4.79 Å². The quantitative estimate of drug-likeness (QED) is 0.873. The molecule has 1 aromatic heterocycles. The summed E-state index contributed by atoms with van der Waals surface area (Å²) in [5.74, 6) is -0.111. The summed E-state index contributed by atoms with van der Waals surface area (Å²) in [5.41, 5.74) is 3.00. The van der Waals surface area contributed by atoms with Gasteiger partial charge in [0.05, 0.1) is 5.56 Å². The van der Waals surface area contributed by atoms with Crippen LogP contribution in [0.15, 0.2) is 47.2 Å². The lowest BCUT2D eigenvalue weighted by Gasteiger charge is -2.14. The number of hydrogen-bond donors (Lipinski definition) is 1. The van der Waals surface area contributed by atoms with Crippen LogP contribution in [-0.4, -0.2) is 28.9 Å². The normalized spacial score (nSPS) is 14.8. The van der Waals surface area contributed by atoms with Crippen LogP contribution in [0.25, 0.3) is 0 Å². The second-order valence-electron chi connectivity index (χ2n) is 5.87. The van der Waals surface area contributed by atoms with Crippen LogP contribution in [0.1, 0.15) is 34.3 Å². The fourth-order valence-corrected chi connectivity index (χ4v) is 3.15. The van der Waals surface area contributed by atoms with Gasteiger partial charge in [-0.25, -0.2) is 0 Å². The Morgan fingerprint density at radius 1 is 1.13 bits per heavy atom. The highest BCUT2D eigenvalue weighted by molar-refractivity contribution is 9.10. The summed E-state index contributed by atoms with van der Waals surface area (Å²) in [6, 6.07) is 10.2. The summed E-state index contributed by atoms with van der Waals surface area (Å²) in [5, 5.41) is 2.92. The van der Waals surface area contributed by atoms with E-state index in [1.807, 2.05) is 0 Å². The molecule has 1 N–H and O–H groups in total. The van der Waals surface area contributed by atoms with E-state index in [-0.39, 0.29) is 5.91 Å². The van der Waals surface area contributed by atoms with E-state index in [4.69, 9.17) is 0 Å². The number of nitrogens with one attached hydrogen (secondary N) is 1. The maximum Gasteiger partial charge on any atom is 0.253 e. The third kappa shape index (κ3) is 4.62. The zero-order valence-corrected chi connectivity index (χ0v) is 14.6. The highest BCUT2D eigenvalue weighted by Gasteiger charge is 2.11. The second-order valence-corrected chi connectivity index (χ2v) is 6.79. The number of carbonyl (C=O) groups is 1. The number of aromatic nitrogens is 1. The first-order chi connectivity index (χ1) is 11.2. The first-order valence-electron chi connectivity index (χ1n) is 7.89. The molecule has 4 nitrogen and oxygen atoms in total. The number of benzene rings is 1. The molecule has 1 amide bonds. The third-order valence-corrected chi connectivity index (χ3v) is 4.48. The lowest BCUT2D eigenvalue weighted by Crippen LogP contribution is -2.23. The highest BCUT2D eigenvalue weighted by Crippen LogP contribution is 2.14. The van der Waals surface area contributed by atoms with Gasteiger partial charge in [-0.05, 0) is 59.1 Å². The zero-order valence-electron chi connectivity index (χ0n) is 13.0. The van der Waals surface area contributed by atoms with Crippen molar-refractivity contribution in [2.24, 2.45) is 0 Å². The maximum atomic E-state index is 12.1. The molecule has 2 aromatic rings. The third-order valence-electron chi connectivity index (χ3n) is 4.05. The van der Waals surface area contributed by atoms with Crippen molar-refractivity contribution in [3.05, 3.63) is 63.9 Å². The zero-order chi connectivity index (χ0) is 16.1. The van der Waals surface area contributed by atoms with Crippen molar-refractivity contribution in [2.45, 2.75) is 25.9 Å². The molecule has 0 unspecified atom stereocenters. The van der Waals surface area contributed by atoms with Gasteiger partial charge >= 0.3 is 0 Å². The average Bonchev–Trinajstić information content (AvgIpc) is 3.07. The molecular formula is C18H20BrN3O. The van der Waals surface area contributed by atoms with Gasteiger partial charge in [0.15, 0.2) is 0 Å². The van der Waals surface area contributed by atoms with Crippen molar-refractivity contribution in [2.75, 3.05) is 13.1 Å². The minimum Gasteiger partial charge on any atom is -0.348 e. The fraction of sp³-hybridized carbons (Fsp3) is 0.333. The standard InChI is InChI=1S/C18H20BrN3O/c19-17-9-16(11-20-12-17)18(23)21-10-14-3-5-15(6-4-14)13-22-7-1-2-8-22/h3-6,9,11-12H,1-2,7-8,10,13H2,(H,21,23). The largest absolute Gasteiger partial charge is 0.348 e. The van der Waals surface area contributed by atoms with Crippen LogP contribution in [0.2, 0.25) is 0 Å². The molecule has 0 atom stereocenters. The summed E-state index contributed by atoms with van der Waals surface area (Å²) < 4.78 is 0.802. The van der Waals surface area contributed by atoms with Crippen LogP contribution in [0, 0.1) is 0 Å². The molecule has 1 fully saturated rings. The topological polar surface area (TPSA) is 45.2 Å². The smallest absolute Gasteiger partial charge is 0.253 e. The van der Waals surface area contributed by atoms with Gasteiger partial charge in [0, 0.05) is 30.0 Å². The summed E-state index contributed by atoms with van der Waals surface area (Å²) in [6.07, 6.45) is 5.86. The number of pyridine rings is 1. The van der Waals surface area contributed by atoms with Gasteiger partial charge in [-0.15, -0.1) is 0 Å². The molecule has 5 heteroatoms. The Bertz CT molecular complexity index is 666. The Balaban J connectivity index is 1.52. The Labute approximate surface area is 145 Å². The Morgan fingerprint density at radius 3 is 2.52 bits per heavy atom. The van der Waals surface area contributed by atoms with Gasteiger partial charge < -0.3 is 5.32 Å². The highest BCUT2D eigenvalue weighted by atomic mass is 79.9. The van der Waals surface area contributed by atoms with Crippen LogP contribution in [0.4, 0.5) is 0 Å². The van der Waals surface area contributed by atoms with Gasteiger partial charge in [-0.2, -0.15) is 0 Å². The van der Waals surface area contributed by atoms with Crippen molar-refractivity contribution >= 4 is 21.8 Å². The van der Waals surface area contributed by atoms with Crippen molar-refractivity contribution < 1.29 is 4.79 Å². The van der Waals surface area contributed by atoms with Gasteiger partial charge in [0.25, 0.3) is 5.91 Å². The molecule has 0 spiro atoms. The van der Waals surface area contributed by atoms with Gasteiger partial charge in [0.2, 0.25) is 0 Å². The Morgan fingerprint density at radius 2 is 1.83 bits per heavy atom. The molecule has 120 valence electrons. The number of halogens is 1. The van der Waals surface area contributed by atoms with Crippen LogP contribution in [0.3, 0.4) is 0 Å². The van der Waals surface area contributed by atoms with E-state index in [0.717, 1.165) is 16.6 Å². The lowest BCUT2D eigenvalue weighted by atomic mass is 10.1. The first kappa shape index (κ1) is 16.1. The molecule has 1 aliphatic heterocycles. The monoisotopic (exact) mass is 373 g/mol. The molecule has 0 radical (unpaired) electrons. The molecule has 0 saturated carbocycles. The number of likely N-dealkylation sites (tertiary alicyclic amines) is 1. The van der Waals surface area contributed by atoms with Crippen LogP contribution in [0.5, 0.6) is 0 Å². The summed E-state index contributed by atoms with van der Waals surface area (Å²) in [4.78, 5) is 18.6. The number of nitrogens with zero attached hydrogens (tertiary/aromatic N) is 2. The molecule has 2 heterocycles. The number of hydrogen-bond acceptors (Lipinski definition) is 3. The molecule has 0 bridgehead atoms. The van der Waals surface area contributed by atoms with E-state index in [1.54, 1.807) is 18.5 Å². The molecular weight excluding hydrogens is 354 g/mol. The molecule has 0 aliphatic carbocycles. The van der Waals surface area contributed by atoms with E-state index >= 15 is 0 Å². The van der Waals surface area contributed by atoms with Gasteiger partial charge in [0.1, 0.15) is 0 Å². The van der Waals surface area contributed by atoms with Gasteiger partial charge in [-0.3, -0.25) is 14.7 Å². The maximum absolute atomic E-state index is 12.1. The molecule has 1 saturated heterocycles. The molecule has 23 heavy (non-hydrogen) atoms. The van der Waals surface area contributed by atoms with E-state index in [2.05, 4.69) is 55.4 Å². The Hall–Kier alpha value is -1.72. The van der Waals surface area contributed by atoms with E-state index in [0.29, 0.717) is 12.1 Å². The minimum atomic E-state index is -0.111. The molecule has 1 aromatic carbocycles. The average molecular weight is 374 g/mol. The Kier molecular flexibility index (Phi) is 5.41. The fourth-order valence-electron chi connectivity index (χ4n) is 2.78. The summed E-state index contributed by atoms with van der Waals surface area (Å²) in [7, 11) is 0. The van der Waals surface area contributed by atoms with Crippen molar-refractivity contribution in [1.29, 1.82) is 0 Å². The number of carbonyl (C=O) groups excluding carboxylic acids is 1. The van der Waals surface area contributed by atoms with Crippen LogP contribution >= 0.6 is 15.9 Å². The van der Waals surface area contributed by atoms with Crippen molar-refractivity contribution in [1.82, 2.24) is 15.2 Å². The molecule has 3 rings (SSSR count). The predicted molar refractivity (Wildman–Crippen MR) is 94.1 cm³/mol. The number of amides is 1. The van der Waals surface area contributed by atoms with Crippen LogP contribution < -0.4 is 5.32 Å². The molecule has 1 aliphatic rings. The minimum absolute atomic E-state index is 0.111. The van der Waals surface area contributed by atoms with Crippen molar-refractivity contribution in [3.63, 3.8) is 0 Å².